The first-order valence-corrected chi connectivity index (χ1v) is 7.84. The van der Waals surface area contributed by atoms with Crippen LogP contribution in [0.5, 0.6) is 0 Å². The molecule has 0 bridgehead atoms. The summed E-state index contributed by atoms with van der Waals surface area (Å²) in [6.07, 6.45) is 3.30. The summed E-state index contributed by atoms with van der Waals surface area (Å²) >= 11 is 1.21. The zero-order chi connectivity index (χ0) is 15.4. The van der Waals surface area contributed by atoms with Gasteiger partial charge in [-0.15, -0.1) is 11.3 Å². The topological polar surface area (TPSA) is 81.9 Å². The summed E-state index contributed by atoms with van der Waals surface area (Å²) in [5.74, 6) is -1.01. The van der Waals surface area contributed by atoms with Gasteiger partial charge in [-0.25, -0.2) is 9.59 Å². The van der Waals surface area contributed by atoms with Gasteiger partial charge in [-0.05, 0) is 26.2 Å². The normalized spacial score (nSPS) is 14.9. The monoisotopic (exact) mass is 312 g/mol. The van der Waals surface area contributed by atoms with Gasteiger partial charge in [0.25, 0.3) is 0 Å². The molecule has 0 unspecified atom stereocenters. The Hall–Kier alpha value is -1.76. The number of esters is 2. The summed E-state index contributed by atoms with van der Waals surface area (Å²) in [6.45, 7) is 3.71. The van der Waals surface area contributed by atoms with E-state index in [9.17, 15) is 9.59 Å². The Morgan fingerprint density at radius 2 is 1.90 bits per heavy atom. The molecule has 0 aromatic carbocycles. The molecular formula is C14H20N2O4S. The fourth-order valence-corrected chi connectivity index (χ4v) is 3.57. The Morgan fingerprint density at radius 1 is 1.24 bits per heavy atom. The van der Waals surface area contributed by atoms with Crippen molar-refractivity contribution < 1.29 is 19.1 Å². The van der Waals surface area contributed by atoms with E-state index >= 15 is 0 Å². The second-order valence-electron chi connectivity index (χ2n) is 4.78. The first-order valence-electron chi connectivity index (χ1n) is 7.02. The summed E-state index contributed by atoms with van der Waals surface area (Å²) < 4.78 is 9.81. The quantitative estimate of drug-likeness (QED) is 0.859. The van der Waals surface area contributed by atoms with Crippen LogP contribution in [-0.2, 0) is 9.47 Å². The molecule has 0 amide bonds. The van der Waals surface area contributed by atoms with Crippen molar-refractivity contribution in [2.75, 3.05) is 37.4 Å². The van der Waals surface area contributed by atoms with Gasteiger partial charge in [-0.2, -0.15) is 0 Å². The maximum atomic E-state index is 12.2. The van der Waals surface area contributed by atoms with Gasteiger partial charge in [-0.3, -0.25) is 0 Å². The number of hydrogen-bond donors (Lipinski definition) is 1. The van der Waals surface area contributed by atoms with Crippen LogP contribution in [0.4, 0.5) is 10.7 Å². The summed E-state index contributed by atoms with van der Waals surface area (Å²) in [4.78, 5) is 26.3. The molecule has 0 atom stereocenters. The molecule has 2 rings (SSSR count). The molecule has 1 aromatic heterocycles. The first kappa shape index (κ1) is 15.6. The second-order valence-corrected chi connectivity index (χ2v) is 5.78. The number of methoxy groups -OCH3 is 1. The maximum absolute atomic E-state index is 12.2. The van der Waals surface area contributed by atoms with Gasteiger partial charge in [0.05, 0.1) is 19.4 Å². The van der Waals surface area contributed by atoms with Crippen molar-refractivity contribution in [2.24, 2.45) is 0 Å². The molecule has 2 heterocycles. The van der Waals surface area contributed by atoms with Gasteiger partial charge in [-0.1, -0.05) is 0 Å². The van der Waals surface area contributed by atoms with Crippen LogP contribution in [0.3, 0.4) is 0 Å². The van der Waals surface area contributed by atoms with E-state index in [0.717, 1.165) is 25.9 Å². The summed E-state index contributed by atoms with van der Waals surface area (Å²) in [5, 5.41) is 0.714. The number of piperidine rings is 1. The van der Waals surface area contributed by atoms with Crippen molar-refractivity contribution in [3.05, 3.63) is 10.4 Å². The van der Waals surface area contributed by atoms with Crippen molar-refractivity contribution >= 4 is 34.0 Å². The van der Waals surface area contributed by atoms with E-state index in [1.807, 2.05) is 0 Å². The molecule has 7 heteroatoms. The van der Waals surface area contributed by atoms with Gasteiger partial charge < -0.3 is 20.1 Å². The lowest BCUT2D eigenvalue weighted by molar-refractivity contribution is 0.0528. The number of carbonyl (C=O) groups excluding carboxylic acids is 2. The highest BCUT2D eigenvalue weighted by atomic mass is 32.1. The van der Waals surface area contributed by atoms with E-state index in [1.165, 1.54) is 24.9 Å². The lowest BCUT2D eigenvalue weighted by atomic mass is 10.1. The average molecular weight is 312 g/mol. The number of hydrogen-bond acceptors (Lipinski definition) is 7. The summed E-state index contributed by atoms with van der Waals surface area (Å²) in [6, 6.07) is 0. The predicted molar refractivity (Wildman–Crippen MR) is 82.1 cm³/mol. The zero-order valence-electron chi connectivity index (χ0n) is 12.3. The Balaban J connectivity index is 2.45. The number of nitrogen functional groups attached to an aromatic ring is 1. The van der Waals surface area contributed by atoms with Gasteiger partial charge >= 0.3 is 11.9 Å². The van der Waals surface area contributed by atoms with E-state index in [2.05, 4.69) is 4.90 Å². The van der Waals surface area contributed by atoms with Gasteiger partial charge in [0.15, 0.2) is 0 Å². The number of nitrogens with zero attached hydrogens (tertiary/aromatic N) is 1. The number of rotatable bonds is 4. The minimum atomic E-state index is -0.522. The Bertz CT molecular complexity index is 535. The molecule has 116 valence electrons. The molecule has 1 aromatic rings. The zero-order valence-corrected chi connectivity index (χ0v) is 13.1. The summed E-state index contributed by atoms with van der Waals surface area (Å²) in [5.41, 5.74) is 6.45. The minimum Gasteiger partial charge on any atom is -0.465 e. The standard InChI is InChI=1S/C14H20N2O4S/c1-3-20-13(17)9-10(15)11(14(18)19-2)21-12(9)16-7-5-4-6-8-16/h3-8,15H2,1-2H3. The minimum absolute atomic E-state index is 0.158. The van der Waals surface area contributed by atoms with Crippen LogP contribution in [0, 0.1) is 0 Å². The molecule has 0 aliphatic carbocycles. The third kappa shape index (κ3) is 3.12. The van der Waals surface area contributed by atoms with Crippen molar-refractivity contribution in [3.63, 3.8) is 0 Å². The molecule has 2 N–H and O–H groups in total. The van der Waals surface area contributed by atoms with Crippen molar-refractivity contribution in [1.29, 1.82) is 0 Å². The van der Waals surface area contributed by atoms with Gasteiger partial charge in [0.1, 0.15) is 15.4 Å². The van der Waals surface area contributed by atoms with E-state index in [1.54, 1.807) is 6.92 Å². The third-order valence-corrected chi connectivity index (χ3v) is 4.67. The van der Waals surface area contributed by atoms with Crippen LogP contribution in [-0.4, -0.2) is 38.7 Å². The summed E-state index contributed by atoms with van der Waals surface area (Å²) in [7, 11) is 1.30. The van der Waals surface area contributed by atoms with Gasteiger partial charge in [0, 0.05) is 13.1 Å². The first-order chi connectivity index (χ1) is 10.1. The van der Waals surface area contributed by atoms with E-state index < -0.39 is 11.9 Å². The Morgan fingerprint density at radius 3 is 2.48 bits per heavy atom. The number of thiophene rings is 1. The molecule has 1 aliphatic rings. The van der Waals surface area contributed by atoms with Crippen LogP contribution >= 0.6 is 11.3 Å². The number of anilines is 2. The fourth-order valence-electron chi connectivity index (χ4n) is 2.40. The molecule has 6 nitrogen and oxygen atoms in total. The number of ether oxygens (including phenoxy) is 2. The van der Waals surface area contributed by atoms with Crippen molar-refractivity contribution in [1.82, 2.24) is 0 Å². The van der Waals surface area contributed by atoms with Crippen molar-refractivity contribution in [3.8, 4) is 0 Å². The Labute approximate surface area is 127 Å². The van der Waals surface area contributed by atoms with Crippen LogP contribution < -0.4 is 10.6 Å². The maximum Gasteiger partial charge on any atom is 0.350 e. The molecule has 0 spiro atoms. The largest absolute Gasteiger partial charge is 0.465 e. The number of carbonyl (C=O) groups is 2. The third-order valence-electron chi connectivity index (χ3n) is 3.42. The average Bonchev–Trinajstić information content (AvgIpc) is 2.85. The fraction of sp³-hybridized carbons (Fsp3) is 0.571. The van der Waals surface area contributed by atoms with Gasteiger partial charge in [0.2, 0.25) is 0 Å². The smallest absolute Gasteiger partial charge is 0.350 e. The number of nitrogens with two attached hydrogens (primary N) is 1. The highest BCUT2D eigenvalue weighted by molar-refractivity contribution is 7.19. The molecule has 21 heavy (non-hydrogen) atoms. The van der Waals surface area contributed by atoms with Crippen LogP contribution in [0.2, 0.25) is 0 Å². The molecule has 1 saturated heterocycles. The highest BCUT2D eigenvalue weighted by Crippen LogP contribution is 2.40. The molecule has 0 saturated carbocycles. The van der Waals surface area contributed by atoms with Crippen LogP contribution in [0.1, 0.15) is 46.2 Å². The van der Waals surface area contributed by atoms with E-state index in [4.69, 9.17) is 15.2 Å². The van der Waals surface area contributed by atoms with E-state index in [-0.39, 0.29) is 17.2 Å². The second kappa shape index (κ2) is 6.80. The van der Waals surface area contributed by atoms with Crippen LogP contribution in [0.15, 0.2) is 0 Å². The SMILES string of the molecule is CCOC(=O)c1c(N2CCCCC2)sc(C(=O)OC)c1N. The molecule has 0 radical (unpaired) electrons. The lowest BCUT2D eigenvalue weighted by Crippen LogP contribution is -2.30. The highest BCUT2D eigenvalue weighted by Gasteiger charge is 2.30. The van der Waals surface area contributed by atoms with E-state index in [0.29, 0.717) is 10.6 Å². The lowest BCUT2D eigenvalue weighted by Gasteiger charge is -2.28. The Kier molecular flexibility index (Phi) is 5.06. The molecular weight excluding hydrogens is 292 g/mol. The van der Waals surface area contributed by atoms with Crippen LogP contribution in [0.25, 0.3) is 0 Å². The predicted octanol–water partition coefficient (Wildman–Crippen LogP) is 2.28. The molecule has 1 fully saturated rings. The van der Waals surface area contributed by atoms with Crippen molar-refractivity contribution in [2.45, 2.75) is 26.2 Å². The molecule has 1 aliphatic heterocycles.